The number of hydrogen-bond acceptors (Lipinski definition) is 5. The molecule has 1 aliphatic rings. The van der Waals surface area contributed by atoms with Gasteiger partial charge in [0, 0.05) is 9.50 Å². The predicted molar refractivity (Wildman–Crippen MR) is 142 cm³/mol. The SMILES string of the molecule is COc1cc(/C=C2/C(=O)NC(=O)N(c3ccc(Br)cc3C)C2=O)cc(Cl)c1OCc1ccc(Cl)cc1. The first kappa shape index (κ1) is 25.8. The molecular weight excluding hydrogens is 571 g/mol. The van der Waals surface area contributed by atoms with Crippen LogP contribution in [0.15, 0.2) is 64.6 Å². The molecule has 7 nitrogen and oxygen atoms in total. The third-order valence-corrected chi connectivity index (χ3v) is 6.39. The Hall–Kier alpha value is -3.33. The summed E-state index contributed by atoms with van der Waals surface area (Å²) in [5, 5.41) is 3.05. The predicted octanol–water partition coefficient (Wildman–Crippen LogP) is 6.32. The number of nitrogens with one attached hydrogen (secondary N) is 1. The Bertz CT molecular complexity index is 1410. The van der Waals surface area contributed by atoms with E-state index in [0.29, 0.717) is 33.3 Å². The molecule has 0 saturated carbocycles. The largest absolute Gasteiger partial charge is 0.493 e. The van der Waals surface area contributed by atoms with Crippen molar-refractivity contribution in [1.82, 2.24) is 5.32 Å². The topological polar surface area (TPSA) is 84.9 Å². The fourth-order valence-electron chi connectivity index (χ4n) is 3.61. The number of ether oxygens (including phenoxy) is 2. The van der Waals surface area contributed by atoms with Crippen LogP contribution < -0.4 is 19.7 Å². The van der Waals surface area contributed by atoms with Gasteiger partial charge in [-0.2, -0.15) is 0 Å². The van der Waals surface area contributed by atoms with Gasteiger partial charge < -0.3 is 9.47 Å². The third-order valence-electron chi connectivity index (χ3n) is 5.36. The normalized spacial score (nSPS) is 14.8. The first-order valence-electron chi connectivity index (χ1n) is 10.6. The Morgan fingerprint density at radius 3 is 2.42 bits per heavy atom. The maximum atomic E-state index is 13.2. The molecule has 0 spiro atoms. The lowest BCUT2D eigenvalue weighted by Gasteiger charge is -2.27. The van der Waals surface area contributed by atoms with Crippen LogP contribution in [0.1, 0.15) is 16.7 Å². The molecule has 0 aliphatic carbocycles. The number of hydrogen-bond donors (Lipinski definition) is 1. The van der Waals surface area contributed by atoms with E-state index in [1.807, 2.05) is 12.1 Å². The summed E-state index contributed by atoms with van der Waals surface area (Å²) in [6.07, 6.45) is 1.35. The third kappa shape index (κ3) is 5.41. The Morgan fingerprint density at radius 1 is 1.03 bits per heavy atom. The van der Waals surface area contributed by atoms with Crippen molar-refractivity contribution in [2.75, 3.05) is 12.0 Å². The molecule has 1 N–H and O–H groups in total. The van der Waals surface area contributed by atoms with Crippen LogP contribution in [0.5, 0.6) is 11.5 Å². The molecule has 0 bridgehead atoms. The number of urea groups is 1. The van der Waals surface area contributed by atoms with Crippen LogP contribution in [-0.2, 0) is 16.2 Å². The van der Waals surface area contributed by atoms with E-state index in [0.717, 1.165) is 14.9 Å². The van der Waals surface area contributed by atoms with Crippen molar-refractivity contribution in [1.29, 1.82) is 0 Å². The Balaban J connectivity index is 1.65. The van der Waals surface area contributed by atoms with Crippen LogP contribution >= 0.6 is 39.1 Å². The molecule has 1 saturated heterocycles. The molecule has 0 atom stereocenters. The lowest BCUT2D eigenvalue weighted by molar-refractivity contribution is -0.122. The van der Waals surface area contributed by atoms with Crippen LogP contribution in [0.3, 0.4) is 0 Å². The van der Waals surface area contributed by atoms with E-state index < -0.39 is 17.8 Å². The average molecular weight is 590 g/mol. The fourth-order valence-corrected chi connectivity index (χ4v) is 4.49. The summed E-state index contributed by atoms with van der Waals surface area (Å²) in [6, 6.07) is 14.6. The number of halogens is 3. The van der Waals surface area contributed by atoms with Gasteiger partial charge in [0.25, 0.3) is 11.8 Å². The van der Waals surface area contributed by atoms with E-state index in [2.05, 4.69) is 21.2 Å². The highest BCUT2D eigenvalue weighted by molar-refractivity contribution is 9.10. The zero-order valence-corrected chi connectivity index (χ0v) is 22.2. The minimum Gasteiger partial charge on any atom is -0.493 e. The van der Waals surface area contributed by atoms with Gasteiger partial charge in [-0.25, -0.2) is 9.69 Å². The molecule has 0 aromatic heterocycles. The maximum absolute atomic E-state index is 13.2. The van der Waals surface area contributed by atoms with Crippen molar-refractivity contribution in [3.63, 3.8) is 0 Å². The lowest BCUT2D eigenvalue weighted by atomic mass is 10.1. The van der Waals surface area contributed by atoms with Gasteiger partial charge >= 0.3 is 6.03 Å². The summed E-state index contributed by atoms with van der Waals surface area (Å²) in [5.41, 5.74) is 2.09. The van der Waals surface area contributed by atoms with Crippen molar-refractivity contribution in [3.05, 3.63) is 91.4 Å². The molecule has 184 valence electrons. The van der Waals surface area contributed by atoms with Crippen LogP contribution in [0.2, 0.25) is 10.0 Å². The van der Waals surface area contributed by atoms with Gasteiger partial charge in [-0.05, 0) is 72.2 Å². The van der Waals surface area contributed by atoms with Gasteiger partial charge in [0.2, 0.25) is 0 Å². The molecule has 4 rings (SSSR count). The Kier molecular flexibility index (Phi) is 7.68. The second-order valence-electron chi connectivity index (χ2n) is 7.84. The zero-order valence-electron chi connectivity index (χ0n) is 19.1. The number of aryl methyl sites for hydroxylation is 1. The molecule has 3 aromatic carbocycles. The smallest absolute Gasteiger partial charge is 0.335 e. The second kappa shape index (κ2) is 10.7. The van der Waals surface area contributed by atoms with Gasteiger partial charge in [-0.1, -0.05) is 51.3 Å². The van der Waals surface area contributed by atoms with Crippen LogP contribution in [0.4, 0.5) is 10.5 Å². The highest BCUT2D eigenvalue weighted by atomic mass is 79.9. The second-order valence-corrected chi connectivity index (χ2v) is 9.60. The quantitative estimate of drug-likeness (QED) is 0.269. The number of benzene rings is 3. The molecule has 0 radical (unpaired) electrons. The summed E-state index contributed by atoms with van der Waals surface area (Å²) in [6.45, 7) is 1.98. The van der Waals surface area contributed by atoms with E-state index in [1.165, 1.54) is 13.2 Å². The van der Waals surface area contributed by atoms with E-state index in [4.69, 9.17) is 32.7 Å². The van der Waals surface area contributed by atoms with Crippen LogP contribution in [0, 0.1) is 6.92 Å². The van der Waals surface area contributed by atoms with Crippen molar-refractivity contribution in [3.8, 4) is 11.5 Å². The van der Waals surface area contributed by atoms with E-state index in [1.54, 1.807) is 49.4 Å². The van der Waals surface area contributed by atoms with E-state index in [-0.39, 0.29) is 17.2 Å². The van der Waals surface area contributed by atoms with Gasteiger partial charge in [-0.3, -0.25) is 14.9 Å². The number of amides is 4. The fraction of sp³-hybridized carbons (Fsp3) is 0.115. The molecule has 1 heterocycles. The highest BCUT2D eigenvalue weighted by Gasteiger charge is 2.37. The number of imide groups is 2. The number of carbonyl (C=O) groups excluding carboxylic acids is 3. The number of rotatable bonds is 6. The lowest BCUT2D eigenvalue weighted by Crippen LogP contribution is -2.54. The van der Waals surface area contributed by atoms with Gasteiger partial charge in [0.1, 0.15) is 12.2 Å². The van der Waals surface area contributed by atoms with Crippen LogP contribution in [0.25, 0.3) is 6.08 Å². The summed E-state index contributed by atoms with van der Waals surface area (Å²) in [7, 11) is 1.45. The van der Waals surface area contributed by atoms with Crippen LogP contribution in [-0.4, -0.2) is 25.0 Å². The average Bonchev–Trinajstić information content (AvgIpc) is 2.83. The Morgan fingerprint density at radius 2 is 1.75 bits per heavy atom. The molecular formula is C26H19BrCl2N2O5. The number of methoxy groups -OCH3 is 1. The van der Waals surface area contributed by atoms with E-state index >= 15 is 0 Å². The highest BCUT2D eigenvalue weighted by Crippen LogP contribution is 2.38. The maximum Gasteiger partial charge on any atom is 0.335 e. The van der Waals surface area contributed by atoms with Gasteiger partial charge in [-0.15, -0.1) is 0 Å². The first-order valence-corrected chi connectivity index (χ1v) is 12.1. The molecule has 0 unspecified atom stereocenters. The molecule has 3 aromatic rings. The minimum atomic E-state index is -0.825. The van der Waals surface area contributed by atoms with Crippen molar-refractivity contribution in [2.24, 2.45) is 0 Å². The van der Waals surface area contributed by atoms with Crippen molar-refractivity contribution >= 4 is 68.7 Å². The molecule has 1 fully saturated rings. The molecule has 4 amide bonds. The summed E-state index contributed by atoms with van der Waals surface area (Å²) < 4.78 is 12.1. The first-order chi connectivity index (χ1) is 17.2. The molecule has 1 aliphatic heterocycles. The van der Waals surface area contributed by atoms with Crippen molar-refractivity contribution < 1.29 is 23.9 Å². The summed E-state index contributed by atoms with van der Waals surface area (Å²) >= 11 is 15.8. The summed E-state index contributed by atoms with van der Waals surface area (Å²) in [4.78, 5) is 39.3. The number of nitrogens with zero attached hydrogens (tertiary/aromatic N) is 1. The number of carbonyl (C=O) groups is 3. The van der Waals surface area contributed by atoms with Crippen molar-refractivity contribution in [2.45, 2.75) is 13.5 Å². The Labute approximate surface area is 225 Å². The minimum absolute atomic E-state index is 0.218. The molecule has 36 heavy (non-hydrogen) atoms. The van der Waals surface area contributed by atoms with E-state index in [9.17, 15) is 14.4 Å². The monoisotopic (exact) mass is 588 g/mol. The number of anilines is 1. The zero-order chi connectivity index (χ0) is 26.0. The van der Waals surface area contributed by atoms with Gasteiger partial charge in [0.05, 0.1) is 17.8 Å². The van der Waals surface area contributed by atoms with Gasteiger partial charge in [0.15, 0.2) is 11.5 Å². The standard InChI is InChI=1S/C26H19BrCl2N2O5/c1-14-9-17(27)5-8-21(14)31-25(33)19(24(32)30-26(31)34)10-16-11-20(29)23(22(12-16)35-2)36-13-15-3-6-18(28)7-4-15/h3-12H,13H2,1-2H3,(H,30,32,34)/b19-10-. The number of barbiturate groups is 1. The summed E-state index contributed by atoms with van der Waals surface area (Å²) in [5.74, 6) is -0.955. The molecule has 10 heteroatoms.